The number of aromatic nitrogens is 4. The van der Waals surface area contributed by atoms with E-state index >= 15 is 0 Å². The van der Waals surface area contributed by atoms with Crippen molar-refractivity contribution in [2.45, 2.75) is 31.7 Å². The fourth-order valence-corrected chi connectivity index (χ4v) is 2.35. The fraction of sp³-hybridized carbons (Fsp3) is 0.462. The van der Waals surface area contributed by atoms with Gasteiger partial charge < -0.3 is 5.32 Å². The van der Waals surface area contributed by atoms with E-state index in [-0.39, 0.29) is 5.82 Å². The zero-order valence-electron chi connectivity index (χ0n) is 10.6. The molecule has 19 heavy (non-hydrogen) atoms. The monoisotopic (exact) mass is 261 g/mol. The minimum atomic E-state index is -0.301. The summed E-state index contributed by atoms with van der Waals surface area (Å²) in [5.74, 6) is 0.397. The van der Waals surface area contributed by atoms with Crippen molar-refractivity contribution in [3.63, 3.8) is 0 Å². The lowest BCUT2D eigenvalue weighted by molar-refractivity contribution is 0.394. The molecule has 0 aliphatic carbocycles. The van der Waals surface area contributed by atoms with Crippen molar-refractivity contribution in [2.75, 3.05) is 6.54 Å². The number of tetrazole rings is 1. The van der Waals surface area contributed by atoms with Crippen molar-refractivity contribution in [1.82, 2.24) is 25.5 Å². The fourth-order valence-electron chi connectivity index (χ4n) is 2.35. The van der Waals surface area contributed by atoms with Crippen LogP contribution in [-0.2, 0) is 6.42 Å². The smallest absolute Gasteiger partial charge is 0.176 e. The van der Waals surface area contributed by atoms with Gasteiger partial charge in [-0.05, 0) is 36.7 Å². The Bertz CT molecular complexity index is 547. The Balaban J connectivity index is 1.72. The van der Waals surface area contributed by atoms with E-state index in [1.807, 2.05) is 0 Å². The molecule has 1 aromatic heterocycles. The van der Waals surface area contributed by atoms with Crippen molar-refractivity contribution < 1.29 is 4.39 Å². The summed E-state index contributed by atoms with van der Waals surface area (Å²) < 4.78 is 13.1. The van der Waals surface area contributed by atoms with Gasteiger partial charge in [-0.2, -0.15) is 0 Å². The molecule has 2 heterocycles. The van der Waals surface area contributed by atoms with Gasteiger partial charge in [-0.15, -0.1) is 15.0 Å². The normalized spacial score (nSPS) is 19.5. The predicted octanol–water partition coefficient (Wildman–Crippen LogP) is 1.49. The van der Waals surface area contributed by atoms with Crippen molar-refractivity contribution in [1.29, 1.82) is 0 Å². The maximum atomic E-state index is 13.1. The van der Waals surface area contributed by atoms with Crippen LogP contribution < -0.4 is 5.32 Å². The third kappa shape index (κ3) is 2.96. The van der Waals surface area contributed by atoms with Crippen LogP contribution in [0.25, 0.3) is 5.69 Å². The van der Waals surface area contributed by atoms with Crippen molar-refractivity contribution >= 4 is 0 Å². The molecule has 6 heteroatoms. The SMILES string of the molecule is Fc1cccc(-n2nnc(CC3CCCCN3)n2)c1. The van der Waals surface area contributed by atoms with E-state index in [2.05, 4.69) is 20.7 Å². The molecule has 0 spiro atoms. The van der Waals surface area contributed by atoms with Gasteiger partial charge in [-0.1, -0.05) is 12.5 Å². The molecule has 0 saturated carbocycles. The van der Waals surface area contributed by atoms with E-state index in [1.165, 1.54) is 29.8 Å². The van der Waals surface area contributed by atoms with Crippen LogP contribution in [0.1, 0.15) is 25.1 Å². The van der Waals surface area contributed by atoms with E-state index in [1.54, 1.807) is 12.1 Å². The Morgan fingerprint density at radius 1 is 1.37 bits per heavy atom. The van der Waals surface area contributed by atoms with Crippen molar-refractivity contribution in [2.24, 2.45) is 0 Å². The lowest BCUT2D eigenvalue weighted by Gasteiger charge is -2.21. The van der Waals surface area contributed by atoms with E-state index in [4.69, 9.17) is 0 Å². The van der Waals surface area contributed by atoms with Crippen LogP contribution in [0.2, 0.25) is 0 Å². The quantitative estimate of drug-likeness (QED) is 0.909. The number of piperidine rings is 1. The highest BCUT2D eigenvalue weighted by atomic mass is 19.1. The van der Waals surface area contributed by atoms with Gasteiger partial charge in [0, 0.05) is 18.5 Å². The zero-order chi connectivity index (χ0) is 13.1. The van der Waals surface area contributed by atoms with Crippen LogP contribution in [-0.4, -0.2) is 32.8 Å². The Hall–Kier alpha value is -1.82. The van der Waals surface area contributed by atoms with E-state index in [0.717, 1.165) is 19.4 Å². The van der Waals surface area contributed by atoms with Crippen LogP contribution in [0.4, 0.5) is 4.39 Å². The number of benzene rings is 1. The lowest BCUT2D eigenvalue weighted by Crippen LogP contribution is -2.35. The number of nitrogens with zero attached hydrogens (tertiary/aromatic N) is 4. The number of rotatable bonds is 3. The van der Waals surface area contributed by atoms with Crippen LogP contribution in [0.5, 0.6) is 0 Å². The number of hydrogen-bond acceptors (Lipinski definition) is 4. The van der Waals surface area contributed by atoms with Gasteiger partial charge in [0.15, 0.2) is 5.82 Å². The second kappa shape index (κ2) is 5.44. The summed E-state index contributed by atoms with van der Waals surface area (Å²) in [4.78, 5) is 1.38. The first-order valence-corrected chi connectivity index (χ1v) is 6.59. The van der Waals surface area contributed by atoms with Gasteiger partial charge >= 0.3 is 0 Å². The van der Waals surface area contributed by atoms with E-state index in [9.17, 15) is 4.39 Å². The number of nitrogens with one attached hydrogen (secondary N) is 1. The average Bonchev–Trinajstić information content (AvgIpc) is 2.88. The summed E-state index contributed by atoms with van der Waals surface area (Å²) in [5, 5.41) is 15.8. The zero-order valence-corrected chi connectivity index (χ0v) is 10.6. The molecule has 0 radical (unpaired) electrons. The Kier molecular flexibility index (Phi) is 3.50. The molecule has 1 aliphatic heterocycles. The highest BCUT2D eigenvalue weighted by Gasteiger charge is 2.16. The van der Waals surface area contributed by atoms with Crippen molar-refractivity contribution in [3.8, 4) is 5.69 Å². The summed E-state index contributed by atoms with van der Waals surface area (Å²) in [6.45, 7) is 1.06. The second-order valence-electron chi connectivity index (χ2n) is 4.83. The van der Waals surface area contributed by atoms with Gasteiger partial charge in [0.2, 0.25) is 0 Å². The summed E-state index contributed by atoms with van der Waals surface area (Å²) in [6, 6.07) is 6.61. The Morgan fingerprint density at radius 3 is 3.11 bits per heavy atom. The van der Waals surface area contributed by atoms with Crippen molar-refractivity contribution in [3.05, 3.63) is 35.9 Å². The predicted molar refractivity (Wildman–Crippen MR) is 68.5 cm³/mol. The molecule has 1 aliphatic rings. The second-order valence-corrected chi connectivity index (χ2v) is 4.83. The van der Waals surface area contributed by atoms with Gasteiger partial charge in [-0.3, -0.25) is 0 Å². The number of halogens is 1. The first kappa shape index (κ1) is 12.2. The van der Waals surface area contributed by atoms with E-state index in [0.29, 0.717) is 17.6 Å². The molecule has 1 fully saturated rings. The summed E-state index contributed by atoms with van der Waals surface area (Å²) in [6.07, 6.45) is 4.40. The van der Waals surface area contributed by atoms with Crippen LogP contribution >= 0.6 is 0 Å². The molecule has 5 nitrogen and oxygen atoms in total. The summed E-state index contributed by atoms with van der Waals surface area (Å²) in [5.41, 5.74) is 0.593. The topological polar surface area (TPSA) is 55.6 Å². The molecule has 1 saturated heterocycles. The first-order valence-electron chi connectivity index (χ1n) is 6.59. The molecule has 3 rings (SSSR count). The molecule has 0 bridgehead atoms. The van der Waals surface area contributed by atoms with Crippen LogP contribution in [0.3, 0.4) is 0 Å². The number of hydrogen-bond donors (Lipinski definition) is 1. The van der Waals surface area contributed by atoms with Crippen LogP contribution in [0.15, 0.2) is 24.3 Å². The molecule has 1 N–H and O–H groups in total. The third-order valence-corrected chi connectivity index (χ3v) is 3.34. The standard InChI is InChI=1S/C13H16FN5/c14-10-4-3-6-12(8-10)19-17-13(16-18-19)9-11-5-1-2-7-15-11/h3-4,6,8,11,15H,1-2,5,7,9H2. The minimum Gasteiger partial charge on any atom is -0.314 e. The first-order chi connectivity index (χ1) is 9.31. The highest BCUT2D eigenvalue weighted by molar-refractivity contribution is 5.29. The largest absolute Gasteiger partial charge is 0.314 e. The summed E-state index contributed by atoms with van der Waals surface area (Å²) in [7, 11) is 0. The lowest BCUT2D eigenvalue weighted by atomic mass is 10.0. The van der Waals surface area contributed by atoms with Crippen LogP contribution in [0, 0.1) is 5.82 Å². The third-order valence-electron chi connectivity index (χ3n) is 3.34. The maximum absolute atomic E-state index is 13.1. The molecular formula is C13H16FN5. The molecule has 2 aromatic rings. The molecule has 0 amide bonds. The maximum Gasteiger partial charge on any atom is 0.176 e. The van der Waals surface area contributed by atoms with Gasteiger partial charge in [0.25, 0.3) is 0 Å². The van der Waals surface area contributed by atoms with Gasteiger partial charge in [0.05, 0.1) is 5.69 Å². The highest BCUT2D eigenvalue weighted by Crippen LogP contribution is 2.11. The Labute approximate surface area is 110 Å². The molecule has 1 aromatic carbocycles. The minimum absolute atomic E-state index is 0.301. The molecule has 100 valence electrons. The summed E-state index contributed by atoms with van der Waals surface area (Å²) >= 11 is 0. The molecule has 1 atom stereocenters. The average molecular weight is 261 g/mol. The van der Waals surface area contributed by atoms with E-state index < -0.39 is 0 Å². The molecule has 1 unspecified atom stereocenters. The van der Waals surface area contributed by atoms with Gasteiger partial charge in [0.1, 0.15) is 5.82 Å². The van der Waals surface area contributed by atoms with Gasteiger partial charge in [-0.25, -0.2) is 4.39 Å². The molecular weight excluding hydrogens is 245 g/mol. The Morgan fingerprint density at radius 2 is 2.32 bits per heavy atom.